The number of piperazine rings is 1. The van der Waals surface area contributed by atoms with Crippen molar-refractivity contribution in [2.24, 2.45) is 0 Å². The van der Waals surface area contributed by atoms with Crippen molar-refractivity contribution < 1.29 is 18.9 Å². The van der Waals surface area contributed by atoms with E-state index < -0.39 is 12.0 Å². The maximum atomic E-state index is 13.4. The molecule has 0 amide bonds. The molecule has 1 saturated heterocycles. The van der Waals surface area contributed by atoms with Gasteiger partial charge in [0, 0.05) is 55.4 Å². The van der Waals surface area contributed by atoms with E-state index in [1.165, 1.54) is 12.1 Å². The summed E-state index contributed by atoms with van der Waals surface area (Å²) >= 11 is 0. The van der Waals surface area contributed by atoms with Crippen LogP contribution < -0.4 is 0 Å². The van der Waals surface area contributed by atoms with Crippen LogP contribution in [0.25, 0.3) is 10.9 Å². The second-order valence-electron chi connectivity index (χ2n) is 6.78. The number of hydrogen-bond acceptors (Lipinski definition) is 6. The van der Waals surface area contributed by atoms with E-state index in [0.29, 0.717) is 43.8 Å². The maximum Gasteiger partial charge on any atom is 0.325 e. The number of benzene rings is 1. The van der Waals surface area contributed by atoms with Gasteiger partial charge in [0.15, 0.2) is 0 Å². The lowest BCUT2D eigenvalue weighted by molar-refractivity contribution is -0.144. The average molecular weight is 373 g/mol. The molecule has 1 atom stereocenters. The number of carbonyl (C=O) groups is 1. The molecular formula is C18H20FN5O3. The largest absolute Gasteiger partial charge is 0.480 e. The van der Waals surface area contributed by atoms with Crippen LogP contribution in [-0.2, 0) is 11.3 Å². The first-order chi connectivity index (χ1) is 13.0. The van der Waals surface area contributed by atoms with Gasteiger partial charge in [0.05, 0.1) is 0 Å². The van der Waals surface area contributed by atoms with E-state index >= 15 is 0 Å². The number of aliphatic carboxylic acids is 1. The number of carboxylic acid groups (broad SMARTS) is 1. The smallest absolute Gasteiger partial charge is 0.325 e. The normalized spacial score (nSPS) is 17.4. The van der Waals surface area contributed by atoms with Crippen LogP contribution >= 0.6 is 0 Å². The number of nitrogens with zero attached hydrogens (tertiary/aromatic N) is 4. The SMILES string of the molecule is Cc1nonc1CN1CCN([C@H](C(=O)O)c2c[nH]c3cc(F)ccc23)CC1. The minimum atomic E-state index is -0.912. The first-order valence-corrected chi connectivity index (χ1v) is 8.76. The van der Waals surface area contributed by atoms with Crippen molar-refractivity contribution >= 4 is 16.9 Å². The third-order valence-corrected chi connectivity index (χ3v) is 5.10. The van der Waals surface area contributed by atoms with Crippen LogP contribution in [0.15, 0.2) is 29.0 Å². The van der Waals surface area contributed by atoms with E-state index in [0.717, 1.165) is 16.8 Å². The lowest BCUT2D eigenvalue weighted by Gasteiger charge is -2.37. The quantitative estimate of drug-likeness (QED) is 0.705. The maximum absolute atomic E-state index is 13.4. The molecule has 0 spiro atoms. The molecule has 4 rings (SSSR count). The Balaban J connectivity index is 1.50. The van der Waals surface area contributed by atoms with Crippen LogP contribution in [0.3, 0.4) is 0 Å². The molecule has 27 heavy (non-hydrogen) atoms. The summed E-state index contributed by atoms with van der Waals surface area (Å²) in [6.07, 6.45) is 1.67. The lowest BCUT2D eigenvalue weighted by atomic mass is 10.0. The Labute approximate surface area is 154 Å². The second-order valence-corrected chi connectivity index (χ2v) is 6.78. The number of nitrogens with one attached hydrogen (secondary N) is 1. The number of fused-ring (bicyclic) bond motifs is 1. The van der Waals surface area contributed by atoms with Crippen LogP contribution in [-0.4, -0.2) is 62.4 Å². The van der Waals surface area contributed by atoms with Gasteiger partial charge in [-0.1, -0.05) is 10.3 Å². The molecule has 0 radical (unpaired) electrons. The zero-order chi connectivity index (χ0) is 19.0. The van der Waals surface area contributed by atoms with Gasteiger partial charge in [0.2, 0.25) is 0 Å². The standard InChI is InChI=1S/C18H20FN5O3/c1-11-16(22-27-21-11)10-23-4-6-24(7-5-23)17(18(25)26)14-9-20-15-8-12(19)2-3-13(14)15/h2-3,8-9,17,20H,4-7,10H2,1H3,(H,25,26)/t17-/m0/s1. The molecule has 8 nitrogen and oxygen atoms in total. The summed E-state index contributed by atoms with van der Waals surface area (Å²) in [4.78, 5) is 19.1. The van der Waals surface area contributed by atoms with Crippen LogP contribution in [0.2, 0.25) is 0 Å². The molecule has 142 valence electrons. The average Bonchev–Trinajstić information content (AvgIpc) is 3.23. The Morgan fingerprint density at radius 3 is 2.78 bits per heavy atom. The summed E-state index contributed by atoms with van der Waals surface area (Å²) in [5, 5.41) is 18.3. The zero-order valence-corrected chi connectivity index (χ0v) is 14.9. The fourth-order valence-electron chi connectivity index (χ4n) is 3.62. The van der Waals surface area contributed by atoms with E-state index in [2.05, 4.69) is 20.2 Å². The minimum Gasteiger partial charge on any atom is -0.480 e. The van der Waals surface area contributed by atoms with Gasteiger partial charge in [-0.2, -0.15) is 0 Å². The number of hydrogen-bond donors (Lipinski definition) is 2. The van der Waals surface area contributed by atoms with E-state index in [4.69, 9.17) is 4.63 Å². The van der Waals surface area contributed by atoms with Crippen molar-refractivity contribution in [3.05, 3.63) is 47.2 Å². The molecule has 1 fully saturated rings. The van der Waals surface area contributed by atoms with E-state index in [1.807, 2.05) is 11.8 Å². The number of rotatable bonds is 5. The van der Waals surface area contributed by atoms with Crippen molar-refractivity contribution in [1.29, 1.82) is 0 Å². The third kappa shape index (κ3) is 3.43. The van der Waals surface area contributed by atoms with Gasteiger partial charge in [-0.05, 0) is 25.1 Å². The third-order valence-electron chi connectivity index (χ3n) is 5.10. The molecule has 3 heterocycles. The number of aromatic nitrogens is 3. The molecule has 1 aliphatic rings. The molecule has 3 aromatic rings. The number of aryl methyl sites for hydroxylation is 1. The van der Waals surface area contributed by atoms with Crippen LogP contribution in [0, 0.1) is 12.7 Å². The summed E-state index contributed by atoms with van der Waals surface area (Å²) in [5.41, 5.74) is 2.83. The molecule has 0 unspecified atom stereocenters. The Bertz CT molecular complexity index is 961. The second kappa shape index (κ2) is 7.09. The molecule has 2 N–H and O–H groups in total. The minimum absolute atomic E-state index is 0.353. The van der Waals surface area contributed by atoms with Gasteiger partial charge >= 0.3 is 5.97 Å². The van der Waals surface area contributed by atoms with Crippen LogP contribution in [0.4, 0.5) is 4.39 Å². The van der Waals surface area contributed by atoms with Crippen molar-refractivity contribution in [3.8, 4) is 0 Å². The van der Waals surface area contributed by atoms with Gasteiger partial charge in [0.1, 0.15) is 23.2 Å². The highest BCUT2D eigenvalue weighted by Gasteiger charge is 2.32. The molecule has 0 bridgehead atoms. The summed E-state index contributed by atoms with van der Waals surface area (Å²) in [5.74, 6) is -1.26. The predicted octanol–water partition coefficient (Wildman–Crippen LogP) is 1.94. The summed E-state index contributed by atoms with van der Waals surface area (Å²) in [7, 11) is 0. The molecule has 1 aliphatic heterocycles. The van der Waals surface area contributed by atoms with Gasteiger partial charge in [-0.3, -0.25) is 14.6 Å². The van der Waals surface area contributed by atoms with Crippen molar-refractivity contribution in [2.75, 3.05) is 26.2 Å². The Morgan fingerprint density at radius 1 is 1.33 bits per heavy atom. The van der Waals surface area contributed by atoms with E-state index in [1.54, 1.807) is 12.3 Å². The van der Waals surface area contributed by atoms with Gasteiger partial charge in [0.25, 0.3) is 0 Å². The van der Waals surface area contributed by atoms with Gasteiger partial charge < -0.3 is 10.1 Å². The molecule has 2 aromatic heterocycles. The first-order valence-electron chi connectivity index (χ1n) is 8.76. The number of aromatic amines is 1. The first kappa shape index (κ1) is 17.6. The van der Waals surface area contributed by atoms with Crippen molar-refractivity contribution in [1.82, 2.24) is 25.1 Å². The molecule has 1 aromatic carbocycles. The van der Waals surface area contributed by atoms with Crippen LogP contribution in [0.5, 0.6) is 0 Å². The molecular weight excluding hydrogens is 353 g/mol. The monoisotopic (exact) mass is 373 g/mol. The Hall–Kier alpha value is -2.78. The number of carboxylic acids is 1. The molecule has 0 aliphatic carbocycles. The van der Waals surface area contributed by atoms with Crippen molar-refractivity contribution in [3.63, 3.8) is 0 Å². The summed E-state index contributed by atoms with van der Waals surface area (Å²) < 4.78 is 18.1. The Kier molecular flexibility index (Phi) is 4.63. The van der Waals surface area contributed by atoms with Crippen molar-refractivity contribution in [2.45, 2.75) is 19.5 Å². The summed E-state index contributed by atoms with van der Waals surface area (Å²) in [6, 6.07) is 3.58. The fraction of sp³-hybridized carbons (Fsp3) is 0.389. The number of halogens is 1. The highest BCUT2D eigenvalue weighted by atomic mass is 19.1. The van der Waals surface area contributed by atoms with E-state index in [-0.39, 0.29) is 5.82 Å². The highest BCUT2D eigenvalue weighted by Crippen LogP contribution is 2.30. The van der Waals surface area contributed by atoms with Gasteiger partial charge in [-0.15, -0.1) is 0 Å². The van der Waals surface area contributed by atoms with E-state index in [9.17, 15) is 14.3 Å². The number of H-pyrrole nitrogens is 1. The topological polar surface area (TPSA) is 98.5 Å². The molecule has 9 heteroatoms. The van der Waals surface area contributed by atoms with Crippen LogP contribution in [0.1, 0.15) is 23.0 Å². The zero-order valence-electron chi connectivity index (χ0n) is 14.9. The lowest BCUT2D eigenvalue weighted by Crippen LogP contribution is -2.48. The van der Waals surface area contributed by atoms with Gasteiger partial charge in [-0.25, -0.2) is 9.02 Å². The Morgan fingerprint density at radius 2 is 2.11 bits per heavy atom. The summed E-state index contributed by atoms with van der Waals surface area (Å²) in [6.45, 7) is 5.13. The fourth-order valence-corrected chi connectivity index (χ4v) is 3.62. The predicted molar refractivity (Wildman–Crippen MR) is 94.5 cm³/mol. The molecule has 0 saturated carbocycles. The highest BCUT2D eigenvalue weighted by molar-refractivity contribution is 5.89.